The van der Waals surface area contributed by atoms with Gasteiger partial charge >= 0.3 is 0 Å². The summed E-state index contributed by atoms with van der Waals surface area (Å²) in [5, 5.41) is 3.45. The minimum atomic E-state index is 0.462. The topological polar surface area (TPSA) is 30.5 Å². The predicted octanol–water partition coefficient (Wildman–Crippen LogP) is 4.40. The molecule has 1 unspecified atom stereocenters. The standard InChI is InChI=1S/C18H31NO2/c1-6-10-20-17-9-8-16(12-19-14(3)4)18(11-17)21-13-15(5)7-2/h8-9,11,14-15,19H,6-7,10,12-13H2,1-5H3. The van der Waals surface area contributed by atoms with Gasteiger partial charge in [0.1, 0.15) is 11.5 Å². The second-order valence-electron chi connectivity index (χ2n) is 5.98. The van der Waals surface area contributed by atoms with Crippen LogP contribution in [0, 0.1) is 5.92 Å². The van der Waals surface area contributed by atoms with E-state index in [0.29, 0.717) is 12.0 Å². The molecule has 3 nitrogen and oxygen atoms in total. The zero-order valence-electron chi connectivity index (χ0n) is 14.2. The summed E-state index contributed by atoms with van der Waals surface area (Å²) in [5.41, 5.74) is 1.19. The molecule has 0 spiro atoms. The molecule has 1 aromatic rings. The van der Waals surface area contributed by atoms with Crippen LogP contribution in [0.25, 0.3) is 0 Å². The average molecular weight is 293 g/mol. The molecular weight excluding hydrogens is 262 g/mol. The van der Waals surface area contributed by atoms with Gasteiger partial charge in [-0.1, -0.05) is 47.1 Å². The molecule has 120 valence electrons. The van der Waals surface area contributed by atoms with Gasteiger partial charge in [-0.3, -0.25) is 0 Å². The van der Waals surface area contributed by atoms with Crippen molar-refractivity contribution >= 4 is 0 Å². The molecule has 0 radical (unpaired) electrons. The molecule has 3 heteroatoms. The Morgan fingerprint density at radius 1 is 1.10 bits per heavy atom. The molecule has 1 N–H and O–H groups in total. The van der Waals surface area contributed by atoms with Crippen LogP contribution in [0.2, 0.25) is 0 Å². The van der Waals surface area contributed by atoms with Gasteiger partial charge in [0.05, 0.1) is 13.2 Å². The first-order valence-corrected chi connectivity index (χ1v) is 8.18. The van der Waals surface area contributed by atoms with E-state index in [0.717, 1.165) is 44.1 Å². The highest BCUT2D eigenvalue weighted by molar-refractivity contribution is 5.40. The van der Waals surface area contributed by atoms with Crippen molar-refractivity contribution in [3.63, 3.8) is 0 Å². The lowest BCUT2D eigenvalue weighted by Gasteiger charge is -2.17. The van der Waals surface area contributed by atoms with Crippen molar-refractivity contribution in [2.45, 2.75) is 60.0 Å². The Morgan fingerprint density at radius 2 is 1.86 bits per heavy atom. The Balaban J connectivity index is 2.78. The summed E-state index contributed by atoms with van der Waals surface area (Å²) in [6, 6.07) is 6.62. The SMILES string of the molecule is CCCOc1ccc(CNC(C)C)c(OCC(C)CC)c1. The van der Waals surface area contributed by atoms with E-state index < -0.39 is 0 Å². The Kier molecular flexibility index (Phi) is 8.21. The predicted molar refractivity (Wildman–Crippen MR) is 89.2 cm³/mol. The van der Waals surface area contributed by atoms with Crippen molar-refractivity contribution in [2.75, 3.05) is 13.2 Å². The summed E-state index contributed by atoms with van der Waals surface area (Å²) in [6.45, 7) is 13.1. The Hall–Kier alpha value is -1.22. The summed E-state index contributed by atoms with van der Waals surface area (Å²) >= 11 is 0. The largest absolute Gasteiger partial charge is 0.493 e. The van der Waals surface area contributed by atoms with E-state index in [9.17, 15) is 0 Å². The molecule has 0 fully saturated rings. The molecule has 0 saturated carbocycles. The third-order valence-corrected chi connectivity index (χ3v) is 3.43. The second-order valence-corrected chi connectivity index (χ2v) is 5.98. The molecule has 0 aromatic heterocycles. The number of rotatable bonds is 10. The number of nitrogens with one attached hydrogen (secondary N) is 1. The van der Waals surface area contributed by atoms with E-state index in [1.54, 1.807) is 0 Å². The van der Waals surface area contributed by atoms with Gasteiger partial charge in [-0.25, -0.2) is 0 Å². The summed E-state index contributed by atoms with van der Waals surface area (Å²) in [4.78, 5) is 0. The van der Waals surface area contributed by atoms with Gasteiger partial charge in [-0.2, -0.15) is 0 Å². The molecule has 0 saturated heterocycles. The van der Waals surface area contributed by atoms with Crippen LogP contribution in [0.15, 0.2) is 18.2 Å². The van der Waals surface area contributed by atoms with Crippen molar-refractivity contribution < 1.29 is 9.47 Å². The highest BCUT2D eigenvalue weighted by atomic mass is 16.5. The van der Waals surface area contributed by atoms with Gasteiger partial charge in [-0.15, -0.1) is 0 Å². The van der Waals surface area contributed by atoms with Crippen LogP contribution in [0.1, 0.15) is 53.0 Å². The Bertz CT molecular complexity index is 404. The molecule has 0 aliphatic carbocycles. The minimum absolute atomic E-state index is 0.462. The summed E-state index contributed by atoms with van der Waals surface area (Å²) in [6.07, 6.45) is 2.14. The fourth-order valence-electron chi connectivity index (χ4n) is 1.79. The molecule has 0 heterocycles. The van der Waals surface area contributed by atoms with E-state index in [-0.39, 0.29) is 0 Å². The monoisotopic (exact) mass is 293 g/mol. The number of hydrogen-bond acceptors (Lipinski definition) is 3. The number of benzene rings is 1. The van der Waals surface area contributed by atoms with E-state index in [2.05, 4.69) is 46.0 Å². The summed E-state index contributed by atoms with van der Waals surface area (Å²) < 4.78 is 11.7. The second kappa shape index (κ2) is 9.67. The van der Waals surface area contributed by atoms with Crippen LogP contribution in [0.5, 0.6) is 11.5 Å². The van der Waals surface area contributed by atoms with Crippen LogP contribution in [-0.4, -0.2) is 19.3 Å². The van der Waals surface area contributed by atoms with Gasteiger partial charge in [0.2, 0.25) is 0 Å². The maximum absolute atomic E-state index is 6.02. The van der Waals surface area contributed by atoms with Crippen LogP contribution >= 0.6 is 0 Å². The highest BCUT2D eigenvalue weighted by Crippen LogP contribution is 2.26. The summed E-state index contributed by atoms with van der Waals surface area (Å²) in [5.74, 6) is 2.40. The zero-order chi connectivity index (χ0) is 15.7. The first-order valence-electron chi connectivity index (χ1n) is 8.18. The first-order chi connectivity index (χ1) is 10.1. The maximum atomic E-state index is 6.02. The van der Waals surface area contributed by atoms with E-state index in [4.69, 9.17) is 9.47 Å². The van der Waals surface area contributed by atoms with Crippen molar-refractivity contribution in [1.29, 1.82) is 0 Å². The third kappa shape index (κ3) is 6.85. The molecule has 21 heavy (non-hydrogen) atoms. The van der Waals surface area contributed by atoms with E-state index in [1.807, 2.05) is 12.1 Å². The number of ether oxygens (including phenoxy) is 2. The molecule has 0 aliphatic rings. The fraction of sp³-hybridized carbons (Fsp3) is 0.667. The normalized spacial score (nSPS) is 12.5. The molecule has 1 aromatic carbocycles. The lowest BCUT2D eigenvalue weighted by molar-refractivity contribution is 0.251. The highest BCUT2D eigenvalue weighted by Gasteiger charge is 2.09. The van der Waals surface area contributed by atoms with Crippen LogP contribution < -0.4 is 14.8 Å². The van der Waals surface area contributed by atoms with Crippen molar-refractivity contribution in [3.8, 4) is 11.5 Å². The quantitative estimate of drug-likeness (QED) is 0.693. The van der Waals surface area contributed by atoms with Crippen molar-refractivity contribution in [1.82, 2.24) is 5.32 Å². The van der Waals surface area contributed by atoms with Gasteiger partial charge in [0, 0.05) is 24.2 Å². The van der Waals surface area contributed by atoms with Gasteiger partial charge in [0.25, 0.3) is 0 Å². The van der Waals surface area contributed by atoms with Crippen LogP contribution in [0.3, 0.4) is 0 Å². The van der Waals surface area contributed by atoms with Gasteiger partial charge in [0.15, 0.2) is 0 Å². The molecular formula is C18H31NO2. The Morgan fingerprint density at radius 3 is 2.48 bits per heavy atom. The minimum Gasteiger partial charge on any atom is -0.493 e. The molecule has 1 atom stereocenters. The lowest BCUT2D eigenvalue weighted by atomic mass is 10.1. The summed E-state index contributed by atoms with van der Waals surface area (Å²) in [7, 11) is 0. The maximum Gasteiger partial charge on any atom is 0.127 e. The van der Waals surface area contributed by atoms with E-state index >= 15 is 0 Å². The van der Waals surface area contributed by atoms with Crippen molar-refractivity contribution in [2.24, 2.45) is 5.92 Å². The molecule has 0 amide bonds. The first kappa shape index (κ1) is 17.8. The average Bonchev–Trinajstić information content (AvgIpc) is 2.49. The third-order valence-electron chi connectivity index (χ3n) is 3.43. The molecule has 0 aliphatic heterocycles. The molecule has 1 rings (SSSR count). The zero-order valence-corrected chi connectivity index (χ0v) is 14.2. The molecule has 0 bridgehead atoms. The van der Waals surface area contributed by atoms with Gasteiger partial charge in [-0.05, 0) is 18.4 Å². The van der Waals surface area contributed by atoms with Crippen LogP contribution in [-0.2, 0) is 6.54 Å². The fourth-order valence-corrected chi connectivity index (χ4v) is 1.79. The number of hydrogen-bond donors (Lipinski definition) is 1. The van der Waals surface area contributed by atoms with Gasteiger partial charge < -0.3 is 14.8 Å². The van der Waals surface area contributed by atoms with Crippen LogP contribution in [0.4, 0.5) is 0 Å². The van der Waals surface area contributed by atoms with Crippen molar-refractivity contribution in [3.05, 3.63) is 23.8 Å². The Labute approximate surface area is 130 Å². The lowest BCUT2D eigenvalue weighted by Crippen LogP contribution is -2.22. The van der Waals surface area contributed by atoms with E-state index in [1.165, 1.54) is 5.56 Å². The smallest absolute Gasteiger partial charge is 0.127 e.